The number of hydrogen-bond donors (Lipinski definition) is 1. The summed E-state index contributed by atoms with van der Waals surface area (Å²) < 4.78 is 4.44. The topological polar surface area (TPSA) is 63.6 Å². The number of ether oxygens (including phenoxy) is 1. The molecule has 0 spiro atoms. The lowest BCUT2D eigenvalue weighted by molar-refractivity contribution is -0.153. The van der Waals surface area contributed by atoms with Gasteiger partial charge in [-0.1, -0.05) is 6.92 Å². The molecular weight excluding hydrogens is 160 g/mol. The second kappa shape index (κ2) is 3.67. The van der Waals surface area contributed by atoms with Crippen LogP contribution in [-0.4, -0.2) is 23.7 Å². The molecule has 2 unspecified atom stereocenters. The summed E-state index contributed by atoms with van der Waals surface area (Å²) in [5, 5.41) is 8.62. The van der Waals surface area contributed by atoms with Crippen molar-refractivity contribution < 1.29 is 19.4 Å². The lowest BCUT2D eigenvalue weighted by Gasteiger charge is -2.08. The van der Waals surface area contributed by atoms with E-state index in [9.17, 15) is 9.59 Å². The molecule has 1 aliphatic rings. The van der Waals surface area contributed by atoms with Crippen molar-refractivity contribution in [1.82, 2.24) is 0 Å². The Morgan fingerprint density at radius 3 is 2.42 bits per heavy atom. The first kappa shape index (κ1) is 9.19. The first-order chi connectivity index (χ1) is 5.70. The van der Waals surface area contributed by atoms with Gasteiger partial charge in [0.1, 0.15) is 0 Å². The standard InChI is InChI=1S/C8H12O4/c1-2-5-6(3-4-9)8(11)12-7(5)10/h5-6,9H,2-4H2,1H3. The molecule has 0 radical (unpaired) electrons. The Labute approximate surface area is 70.5 Å². The molecule has 0 aromatic heterocycles. The monoisotopic (exact) mass is 172 g/mol. The smallest absolute Gasteiger partial charge is 0.317 e. The third-order valence-electron chi connectivity index (χ3n) is 2.17. The van der Waals surface area contributed by atoms with Gasteiger partial charge in [-0.25, -0.2) is 0 Å². The van der Waals surface area contributed by atoms with Crippen LogP contribution in [0.2, 0.25) is 0 Å². The van der Waals surface area contributed by atoms with Gasteiger partial charge in [0.25, 0.3) is 0 Å². The first-order valence-electron chi connectivity index (χ1n) is 4.07. The third-order valence-corrected chi connectivity index (χ3v) is 2.17. The molecule has 0 bridgehead atoms. The van der Waals surface area contributed by atoms with E-state index in [2.05, 4.69) is 4.74 Å². The van der Waals surface area contributed by atoms with E-state index in [4.69, 9.17) is 5.11 Å². The molecule has 4 heteroatoms. The van der Waals surface area contributed by atoms with Crippen molar-refractivity contribution in [3.8, 4) is 0 Å². The van der Waals surface area contributed by atoms with Gasteiger partial charge in [0.15, 0.2) is 0 Å². The van der Waals surface area contributed by atoms with E-state index in [0.29, 0.717) is 12.8 Å². The number of hydrogen-bond acceptors (Lipinski definition) is 4. The Hall–Kier alpha value is -0.900. The molecule has 2 atom stereocenters. The van der Waals surface area contributed by atoms with Crippen LogP contribution < -0.4 is 0 Å². The second-order valence-corrected chi connectivity index (χ2v) is 2.87. The molecular formula is C8H12O4. The van der Waals surface area contributed by atoms with E-state index in [1.807, 2.05) is 6.92 Å². The summed E-state index contributed by atoms with van der Waals surface area (Å²) in [6.07, 6.45) is 0.915. The minimum atomic E-state index is -0.485. The number of rotatable bonds is 3. The zero-order valence-electron chi connectivity index (χ0n) is 6.95. The molecule has 1 heterocycles. The summed E-state index contributed by atoms with van der Waals surface area (Å²) in [5.74, 6) is -1.70. The Morgan fingerprint density at radius 2 is 1.92 bits per heavy atom. The van der Waals surface area contributed by atoms with Crippen molar-refractivity contribution in [2.75, 3.05) is 6.61 Å². The molecule has 12 heavy (non-hydrogen) atoms. The van der Waals surface area contributed by atoms with Crippen molar-refractivity contribution in [1.29, 1.82) is 0 Å². The highest BCUT2D eigenvalue weighted by atomic mass is 16.6. The van der Waals surface area contributed by atoms with Crippen LogP contribution in [0.4, 0.5) is 0 Å². The zero-order valence-corrected chi connectivity index (χ0v) is 6.95. The molecule has 1 fully saturated rings. The maximum atomic E-state index is 11.0. The highest BCUT2D eigenvalue weighted by molar-refractivity contribution is 5.96. The fourth-order valence-corrected chi connectivity index (χ4v) is 1.49. The van der Waals surface area contributed by atoms with E-state index >= 15 is 0 Å². The van der Waals surface area contributed by atoms with Crippen LogP contribution in [0.15, 0.2) is 0 Å². The van der Waals surface area contributed by atoms with E-state index < -0.39 is 17.9 Å². The van der Waals surface area contributed by atoms with Crippen molar-refractivity contribution in [3.05, 3.63) is 0 Å². The van der Waals surface area contributed by atoms with Crippen molar-refractivity contribution >= 4 is 11.9 Å². The van der Waals surface area contributed by atoms with Crippen LogP contribution in [0, 0.1) is 11.8 Å². The number of esters is 2. The lowest BCUT2D eigenvalue weighted by Crippen LogP contribution is -2.18. The maximum Gasteiger partial charge on any atom is 0.317 e. The lowest BCUT2D eigenvalue weighted by atomic mass is 9.90. The van der Waals surface area contributed by atoms with E-state index in [1.54, 1.807) is 0 Å². The average Bonchev–Trinajstić information content (AvgIpc) is 2.28. The van der Waals surface area contributed by atoms with Gasteiger partial charge in [-0.3, -0.25) is 9.59 Å². The maximum absolute atomic E-state index is 11.0. The van der Waals surface area contributed by atoms with Gasteiger partial charge in [-0.2, -0.15) is 0 Å². The fourth-order valence-electron chi connectivity index (χ4n) is 1.49. The second-order valence-electron chi connectivity index (χ2n) is 2.87. The number of carbonyl (C=O) groups is 2. The zero-order chi connectivity index (χ0) is 9.14. The number of carbonyl (C=O) groups excluding carboxylic acids is 2. The molecule has 68 valence electrons. The Morgan fingerprint density at radius 1 is 1.33 bits per heavy atom. The van der Waals surface area contributed by atoms with Gasteiger partial charge in [-0.05, 0) is 12.8 Å². The Kier molecular flexibility index (Phi) is 2.81. The highest BCUT2D eigenvalue weighted by Gasteiger charge is 2.42. The minimum Gasteiger partial charge on any atom is -0.396 e. The van der Waals surface area contributed by atoms with Crippen LogP contribution in [0.1, 0.15) is 19.8 Å². The molecule has 1 N–H and O–H groups in total. The summed E-state index contributed by atoms with van der Waals surface area (Å²) in [6.45, 7) is 1.75. The average molecular weight is 172 g/mol. The molecule has 1 rings (SSSR count). The minimum absolute atomic E-state index is 0.0798. The normalized spacial score (nSPS) is 29.2. The van der Waals surface area contributed by atoms with Gasteiger partial charge >= 0.3 is 11.9 Å². The predicted molar refractivity (Wildman–Crippen MR) is 40.1 cm³/mol. The summed E-state index contributed by atoms with van der Waals surface area (Å²) in [6, 6.07) is 0. The number of aliphatic hydroxyl groups is 1. The van der Waals surface area contributed by atoms with Gasteiger partial charge in [0.05, 0.1) is 11.8 Å². The third kappa shape index (κ3) is 1.48. The predicted octanol–water partition coefficient (Wildman–Crippen LogP) is 0.0946. The number of aliphatic hydroxyl groups excluding tert-OH is 1. The van der Waals surface area contributed by atoms with Crippen LogP contribution >= 0.6 is 0 Å². The SMILES string of the molecule is CCC1C(=O)OC(=O)C1CCO. The van der Waals surface area contributed by atoms with E-state index in [-0.39, 0.29) is 12.5 Å². The van der Waals surface area contributed by atoms with E-state index in [0.717, 1.165) is 0 Å². The molecule has 0 aromatic carbocycles. The molecule has 1 saturated heterocycles. The van der Waals surface area contributed by atoms with Crippen molar-refractivity contribution in [2.24, 2.45) is 11.8 Å². The van der Waals surface area contributed by atoms with E-state index in [1.165, 1.54) is 0 Å². The summed E-state index contributed by atoms with van der Waals surface area (Å²) in [4.78, 5) is 22.0. The van der Waals surface area contributed by atoms with Crippen LogP contribution in [-0.2, 0) is 14.3 Å². The number of cyclic esters (lactones) is 2. The first-order valence-corrected chi connectivity index (χ1v) is 4.07. The van der Waals surface area contributed by atoms with Crippen LogP contribution in [0.3, 0.4) is 0 Å². The summed E-state index contributed by atoms with van der Waals surface area (Å²) >= 11 is 0. The molecule has 4 nitrogen and oxygen atoms in total. The van der Waals surface area contributed by atoms with Crippen molar-refractivity contribution in [2.45, 2.75) is 19.8 Å². The highest BCUT2D eigenvalue weighted by Crippen LogP contribution is 2.28. The molecule has 0 aromatic rings. The van der Waals surface area contributed by atoms with Gasteiger partial charge < -0.3 is 9.84 Å². The van der Waals surface area contributed by atoms with Gasteiger partial charge in [0.2, 0.25) is 0 Å². The quantitative estimate of drug-likeness (QED) is 0.484. The van der Waals surface area contributed by atoms with Gasteiger partial charge in [-0.15, -0.1) is 0 Å². The van der Waals surface area contributed by atoms with Gasteiger partial charge in [0, 0.05) is 6.61 Å². The van der Waals surface area contributed by atoms with Crippen molar-refractivity contribution in [3.63, 3.8) is 0 Å². The molecule has 0 saturated carbocycles. The summed E-state index contributed by atoms with van der Waals surface area (Å²) in [7, 11) is 0. The Bertz CT molecular complexity index is 199. The molecule has 1 aliphatic heterocycles. The van der Waals surface area contributed by atoms with Crippen LogP contribution in [0.25, 0.3) is 0 Å². The van der Waals surface area contributed by atoms with Crippen LogP contribution in [0.5, 0.6) is 0 Å². The largest absolute Gasteiger partial charge is 0.396 e. The molecule has 0 amide bonds. The fraction of sp³-hybridized carbons (Fsp3) is 0.750. The summed E-state index contributed by atoms with van der Waals surface area (Å²) in [5.41, 5.74) is 0. The Balaban J connectivity index is 2.68. The molecule has 0 aliphatic carbocycles.